The number of amides is 2. The largest absolute Gasteiger partial charge is 0.480 e. The minimum atomic E-state index is -1.21. The van der Waals surface area contributed by atoms with Crippen molar-refractivity contribution < 1.29 is 19.5 Å². The third-order valence-electron chi connectivity index (χ3n) is 2.48. The fourth-order valence-electron chi connectivity index (χ4n) is 1.45. The molecule has 84 valence electrons. The Morgan fingerprint density at radius 1 is 1.67 bits per heavy atom. The van der Waals surface area contributed by atoms with Gasteiger partial charge in [0.25, 0.3) is 0 Å². The van der Waals surface area contributed by atoms with Crippen molar-refractivity contribution in [2.24, 2.45) is 11.7 Å². The SMILES string of the molecule is CC1CCC(=O)N(CC(N)C(=O)O)C1=O. The van der Waals surface area contributed by atoms with Crippen molar-refractivity contribution >= 4 is 17.8 Å². The van der Waals surface area contributed by atoms with Crippen LogP contribution in [-0.4, -0.2) is 40.4 Å². The molecule has 0 bridgehead atoms. The van der Waals surface area contributed by atoms with E-state index in [4.69, 9.17) is 10.8 Å². The van der Waals surface area contributed by atoms with E-state index in [1.165, 1.54) is 0 Å². The second kappa shape index (κ2) is 4.39. The van der Waals surface area contributed by atoms with Crippen LogP contribution in [0.2, 0.25) is 0 Å². The van der Waals surface area contributed by atoms with E-state index in [-0.39, 0.29) is 30.7 Å². The molecule has 6 heteroatoms. The van der Waals surface area contributed by atoms with Crippen molar-refractivity contribution in [3.63, 3.8) is 0 Å². The van der Waals surface area contributed by atoms with Crippen LogP contribution >= 0.6 is 0 Å². The van der Waals surface area contributed by atoms with Crippen LogP contribution in [0, 0.1) is 5.92 Å². The van der Waals surface area contributed by atoms with E-state index in [1.807, 2.05) is 0 Å². The molecule has 1 fully saturated rings. The van der Waals surface area contributed by atoms with Gasteiger partial charge in [-0.05, 0) is 6.42 Å². The molecule has 2 atom stereocenters. The van der Waals surface area contributed by atoms with Gasteiger partial charge in [0.05, 0.1) is 6.54 Å². The number of nitrogens with zero attached hydrogens (tertiary/aromatic N) is 1. The molecule has 0 aromatic rings. The van der Waals surface area contributed by atoms with E-state index in [2.05, 4.69) is 0 Å². The monoisotopic (exact) mass is 214 g/mol. The molecular formula is C9H14N2O4. The number of carboxylic acids is 1. The summed E-state index contributed by atoms with van der Waals surface area (Å²) >= 11 is 0. The highest BCUT2D eigenvalue weighted by Gasteiger charge is 2.33. The molecule has 1 saturated heterocycles. The smallest absolute Gasteiger partial charge is 0.322 e. The summed E-state index contributed by atoms with van der Waals surface area (Å²) in [7, 11) is 0. The highest BCUT2D eigenvalue weighted by molar-refractivity contribution is 5.99. The van der Waals surface area contributed by atoms with Crippen molar-refractivity contribution in [2.45, 2.75) is 25.8 Å². The molecule has 0 aliphatic carbocycles. The number of rotatable bonds is 3. The molecule has 0 aromatic heterocycles. The van der Waals surface area contributed by atoms with Crippen LogP contribution in [0.3, 0.4) is 0 Å². The molecule has 1 aliphatic rings. The zero-order valence-electron chi connectivity index (χ0n) is 8.47. The van der Waals surface area contributed by atoms with Crippen molar-refractivity contribution in [3.8, 4) is 0 Å². The molecule has 2 amide bonds. The molecule has 6 nitrogen and oxygen atoms in total. The zero-order valence-corrected chi connectivity index (χ0v) is 8.47. The van der Waals surface area contributed by atoms with E-state index in [0.29, 0.717) is 6.42 Å². The van der Waals surface area contributed by atoms with Gasteiger partial charge >= 0.3 is 5.97 Å². The molecule has 1 heterocycles. The molecule has 1 rings (SSSR count). The predicted molar refractivity (Wildman–Crippen MR) is 50.7 cm³/mol. The molecule has 15 heavy (non-hydrogen) atoms. The van der Waals surface area contributed by atoms with Crippen LogP contribution in [0.25, 0.3) is 0 Å². The van der Waals surface area contributed by atoms with Gasteiger partial charge in [-0.25, -0.2) is 0 Å². The van der Waals surface area contributed by atoms with Gasteiger partial charge in [-0.1, -0.05) is 6.92 Å². The first kappa shape index (κ1) is 11.6. The topological polar surface area (TPSA) is 101 Å². The fraction of sp³-hybridized carbons (Fsp3) is 0.667. The van der Waals surface area contributed by atoms with Crippen LogP contribution in [0.5, 0.6) is 0 Å². The number of carbonyl (C=O) groups excluding carboxylic acids is 2. The molecule has 0 saturated carbocycles. The predicted octanol–water partition coefficient (Wildman–Crippen LogP) is -0.817. The van der Waals surface area contributed by atoms with Crippen LogP contribution in [0.4, 0.5) is 0 Å². The Balaban J connectivity index is 2.69. The highest BCUT2D eigenvalue weighted by Crippen LogP contribution is 2.18. The van der Waals surface area contributed by atoms with Gasteiger partial charge in [0, 0.05) is 12.3 Å². The third-order valence-corrected chi connectivity index (χ3v) is 2.48. The molecule has 0 radical (unpaired) electrons. The molecule has 3 N–H and O–H groups in total. The first-order valence-electron chi connectivity index (χ1n) is 4.76. The number of aliphatic carboxylic acids is 1. The van der Waals surface area contributed by atoms with Gasteiger partial charge in [-0.3, -0.25) is 19.3 Å². The van der Waals surface area contributed by atoms with Crippen molar-refractivity contribution in [3.05, 3.63) is 0 Å². The molecule has 0 spiro atoms. The maximum absolute atomic E-state index is 11.6. The van der Waals surface area contributed by atoms with Crippen LogP contribution < -0.4 is 5.73 Å². The van der Waals surface area contributed by atoms with Gasteiger partial charge < -0.3 is 10.8 Å². The minimum absolute atomic E-state index is 0.233. The normalized spacial score (nSPS) is 24.1. The van der Waals surface area contributed by atoms with Crippen LogP contribution in [0.15, 0.2) is 0 Å². The second-order valence-electron chi connectivity index (χ2n) is 3.73. The summed E-state index contributed by atoms with van der Waals surface area (Å²) in [6.07, 6.45) is 0.801. The maximum Gasteiger partial charge on any atom is 0.322 e. The molecular weight excluding hydrogens is 200 g/mol. The lowest BCUT2D eigenvalue weighted by Crippen LogP contribution is -2.51. The van der Waals surface area contributed by atoms with Crippen LogP contribution in [0.1, 0.15) is 19.8 Å². The summed E-state index contributed by atoms with van der Waals surface area (Å²) in [6.45, 7) is 1.48. The van der Waals surface area contributed by atoms with E-state index in [1.54, 1.807) is 6.92 Å². The summed E-state index contributed by atoms with van der Waals surface area (Å²) in [5, 5.41) is 8.58. The minimum Gasteiger partial charge on any atom is -0.480 e. The van der Waals surface area contributed by atoms with E-state index >= 15 is 0 Å². The van der Waals surface area contributed by atoms with Crippen molar-refractivity contribution in [1.82, 2.24) is 4.90 Å². The number of hydrogen-bond donors (Lipinski definition) is 2. The number of hydrogen-bond acceptors (Lipinski definition) is 4. The first-order chi connectivity index (χ1) is 6.93. The number of carboxylic acid groups (broad SMARTS) is 1. The highest BCUT2D eigenvalue weighted by atomic mass is 16.4. The van der Waals surface area contributed by atoms with E-state index in [9.17, 15) is 14.4 Å². The van der Waals surface area contributed by atoms with Crippen molar-refractivity contribution in [2.75, 3.05) is 6.54 Å². The Kier molecular flexibility index (Phi) is 3.41. The second-order valence-corrected chi connectivity index (χ2v) is 3.73. The lowest BCUT2D eigenvalue weighted by Gasteiger charge is -2.29. The van der Waals surface area contributed by atoms with E-state index in [0.717, 1.165) is 4.90 Å². The van der Waals surface area contributed by atoms with Gasteiger partial charge in [-0.15, -0.1) is 0 Å². The number of likely N-dealkylation sites (tertiary alicyclic amines) is 1. The summed E-state index contributed by atoms with van der Waals surface area (Å²) in [5.41, 5.74) is 5.27. The van der Waals surface area contributed by atoms with E-state index < -0.39 is 12.0 Å². The molecule has 2 unspecified atom stereocenters. The summed E-state index contributed by atoms with van der Waals surface area (Å²) < 4.78 is 0. The third kappa shape index (κ3) is 2.53. The van der Waals surface area contributed by atoms with Gasteiger partial charge in [-0.2, -0.15) is 0 Å². The standard InChI is InChI=1S/C9H14N2O4/c1-5-2-3-7(12)11(8(5)13)4-6(10)9(14)15/h5-6H,2-4,10H2,1H3,(H,14,15). The average molecular weight is 214 g/mol. The number of carbonyl (C=O) groups is 3. The Bertz CT molecular complexity index is 302. The van der Waals surface area contributed by atoms with Gasteiger partial charge in [0.2, 0.25) is 11.8 Å². The molecule has 1 aliphatic heterocycles. The summed E-state index contributed by atoms with van der Waals surface area (Å²) in [6, 6.07) is -1.21. The number of imide groups is 1. The average Bonchev–Trinajstić information content (AvgIpc) is 2.18. The molecule has 0 aromatic carbocycles. The first-order valence-corrected chi connectivity index (χ1v) is 4.76. The van der Waals surface area contributed by atoms with Crippen molar-refractivity contribution in [1.29, 1.82) is 0 Å². The Hall–Kier alpha value is -1.43. The zero-order chi connectivity index (χ0) is 11.6. The van der Waals surface area contributed by atoms with Gasteiger partial charge in [0.1, 0.15) is 6.04 Å². The fourth-order valence-corrected chi connectivity index (χ4v) is 1.45. The van der Waals surface area contributed by atoms with Crippen LogP contribution in [-0.2, 0) is 14.4 Å². The lowest BCUT2D eigenvalue weighted by molar-refractivity contribution is -0.152. The summed E-state index contributed by atoms with van der Waals surface area (Å²) in [4.78, 5) is 34.4. The Labute approximate surface area is 87.0 Å². The number of nitrogens with two attached hydrogens (primary N) is 1. The Morgan fingerprint density at radius 3 is 2.80 bits per heavy atom. The van der Waals surface area contributed by atoms with Gasteiger partial charge in [0.15, 0.2) is 0 Å². The lowest BCUT2D eigenvalue weighted by atomic mass is 9.98. The summed E-state index contributed by atoms with van der Waals surface area (Å²) in [5.74, 6) is -2.12. The number of piperidine rings is 1. The maximum atomic E-state index is 11.6. The quantitative estimate of drug-likeness (QED) is 0.598. The Morgan fingerprint density at radius 2 is 2.27 bits per heavy atom.